The van der Waals surface area contributed by atoms with Gasteiger partial charge in [-0.25, -0.2) is 4.98 Å². The van der Waals surface area contributed by atoms with Crippen LogP contribution in [-0.4, -0.2) is 46.7 Å². The van der Waals surface area contributed by atoms with E-state index < -0.39 is 0 Å². The summed E-state index contributed by atoms with van der Waals surface area (Å²) >= 11 is 1.21. The van der Waals surface area contributed by atoms with E-state index in [1.165, 1.54) is 11.8 Å². The van der Waals surface area contributed by atoms with Gasteiger partial charge in [0, 0.05) is 29.8 Å². The number of nitrogens with one attached hydrogen (secondary N) is 2. The molecule has 0 bridgehead atoms. The number of thioether (sulfide) groups is 1. The Hall–Kier alpha value is -3.50. The zero-order valence-corrected chi connectivity index (χ0v) is 18.0. The molecular formula is C22H20N4O5S. The van der Waals surface area contributed by atoms with Crippen molar-refractivity contribution in [2.75, 3.05) is 31.6 Å². The molecule has 0 fully saturated rings. The molecule has 5 rings (SSSR count). The number of fused-ring (bicyclic) bond motifs is 4. The lowest BCUT2D eigenvalue weighted by Gasteiger charge is -2.12. The molecule has 1 amide bonds. The van der Waals surface area contributed by atoms with Gasteiger partial charge >= 0.3 is 0 Å². The normalized spacial score (nSPS) is 12.5. The van der Waals surface area contributed by atoms with Crippen molar-refractivity contribution in [2.24, 2.45) is 0 Å². The molecule has 2 aromatic carbocycles. The SMILES string of the molecule is COCCn1c(SCC(=O)Nc2ccc3c(c2)OCO3)nc2c([nH]c3ccccc32)c1=O. The number of rotatable bonds is 7. The Kier molecular flexibility index (Phi) is 5.46. The van der Waals surface area contributed by atoms with Gasteiger partial charge in [0.25, 0.3) is 5.56 Å². The van der Waals surface area contributed by atoms with Crippen molar-refractivity contribution in [3.05, 3.63) is 52.8 Å². The average Bonchev–Trinajstić information content (AvgIpc) is 3.41. The Morgan fingerprint density at radius 1 is 1.25 bits per heavy atom. The number of carbonyl (C=O) groups excluding carboxylic acids is 1. The van der Waals surface area contributed by atoms with E-state index in [0.717, 1.165) is 10.9 Å². The van der Waals surface area contributed by atoms with E-state index in [-0.39, 0.29) is 24.0 Å². The first-order chi connectivity index (χ1) is 15.6. The highest BCUT2D eigenvalue weighted by molar-refractivity contribution is 7.99. The fraction of sp³-hybridized carbons (Fsp3) is 0.227. The number of carbonyl (C=O) groups is 1. The summed E-state index contributed by atoms with van der Waals surface area (Å²) < 4.78 is 17.3. The molecule has 32 heavy (non-hydrogen) atoms. The number of amides is 1. The minimum Gasteiger partial charge on any atom is -0.454 e. The molecule has 1 aliphatic heterocycles. The summed E-state index contributed by atoms with van der Waals surface area (Å²) in [5.41, 5.74) is 2.29. The van der Waals surface area contributed by atoms with Gasteiger partial charge < -0.3 is 24.5 Å². The number of hydrogen-bond acceptors (Lipinski definition) is 7. The minimum atomic E-state index is -0.222. The van der Waals surface area contributed by atoms with Crippen molar-refractivity contribution in [2.45, 2.75) is 11.7 Å². The molecule has 3 heterocycles. The lowest BCUT2D eigenvalue weighted by Crippen LogP contribution is -2.26. The number of aromatic nitrogens is 3. The minimum absolute atomic E-state index is 0.0850. The number of ether oxygens (including phenoxy) is 3. The van der Waals surface area contributed by atoms with Crippen LogP contribution >= 0.6 is 11.8 Å². The lowest BCUT2D eigenvalue weighted by atomic mass is 10.2. The van der Waals surface area contributed by atoms with Crippen LogP contribution in [0.15, 0.2) is 52.4 Å². The summed E-state index contributed by atoms with van der Waals surface area (Å²) in [6, 6.07) is 12.8. The molecule has 0 aliphatic carbocycles. The molecule has 9 nitrogen and oxygen atoms in total. The first-order valence-electron chi connectivity index (χ1n) is 9.96. The molecule has 0 radical (unpaired) electrons. The zero-order chi connectivity index (χ0) is 22.1. The predicted molar refractivity (Wildman–Crippen MR) is 122 cm³/mol. The number of methoxy groups -OCH3 is 1. The van der Waals surface area contributed by atoms with E-state index >= 15 is 0 Å². The molecule has 4 aromatic rings. The van der Waals surface area contributed by atoms with Gasteiger partial charge in [-0.05, 0) is 18.2 Å². The maximum absolute atomic E-state index is 13.2. The highest BCUT2D eigenvalue weighted by Crippen LogP contribution is 2.34. The molecule has 0 unspecified atom stereocenters. The van der Waals surface area contributed by atoms with E-state index in [1.54, 1.807) is 29.9 Å². The van der Waals surface area contributed by atoms with Crippen molar-refractivity contribution >= 4 is 45.3 Å². The summed E-state index contributed by atoms with van der Waals surface area (Å²) in [4.78, 5) is 33.6. The first kappa shape index (κ1) is 20.4. The number of anilines is 1. The number of benzene rings is 2. The van der Waals surface area contributed by atoms with Gasteiger partial charge in [-0.3, -0.25) is 14.2 Å². The highest BCUT2D eigenvalue weighted by atomic mass is 32.2. The lowest BCUT2D eigenvalue weighted by molar-refractivity contribution is -0.113. The fourth-order valence-electron chi connectivity index (χ4n) is 3.57. The van der Waals surface area contributed by atoms with Crippen LogP contribution in [0.1, 0.15) is 0 Å². The second-order valence-electron chi connectivity index (χ2n) is 7.14. The summed E-state index contributed by atoms with van der Waals surface area (Å²) in [6.07, 6.45) is 0. The largest absolute Gasteiger partial charge is 0.454 e. The first-order valence-corrected chi connectivity index (χ1v) is 10.9. The Balaban J connectivity index is 1.41. The van der Waals surface area contributed by atoms with Crippen molar-refractivity contribution in [1.82, 2.24) is 14.5 Å². The average molecular weight is 452 g/mol. The van der Waals surface area contributed by atoms with Gasteiger partial charge in [-0.2, -0.15) is 0 Å². The number of aromatic amines is 1. The molecule has 0 saturated heterocycles. The van der Waals surface area contributed by atoms with E-state index in [0.29, 0.717) is 46.5 Å². The topological polar surface area (TPSA) is 107 Å². The van der Waals surface area contributed by atoms with Crippen LogP contribution in [-0.2, 0) is 16.1 Å². The van der Waals surface area contributed by atoms with Gasteiger partial charge in [0.2, 0.25) is 12.7 Å². The van der Waals surface area contributed by atoms with Gasteiger partial charge in [-0.1, -0.05) is 30.0 Å². The molecule has 10 heteroatoms. The third-order valence-electron chi connectivity index (χ3n) is 5.08. The maximum Gasteiger partial charge on any atom is 0.278 e. The second kappa shape index (κ2) is 8.56. The summed E-state index contributed by atoms with van der Waals surface area (Å²) in [6.45, 7) is 0.855. The number of nitrogens with zero attached hydrogens (tertiary/aromatic N) is 2. The van der Waals surface area contributed by atoms with E-state index in [1.807, 2.05) is 24.3 Å². The molecule has 0 saturated carbocycles. The van der Waals surface area contributed by atoms with E-state index in [2.05, 4.69) is 10.3 Å². The fourth-order valence-corrected chi connectivity index (χ4v) is 4.39. The summed E-state index contributed by atoms with van der Waals surface area (Å²) in [5, 5.41) is 4.17. The van der Waals surface area contributed by atoms with Crippen LogP contribution in [0.2, 0.25) is 0 Å². The quantitative estimate of drug-likeness (QED) is 0.328. The molecule has 0 atom stereocenters. The van der Waals surface area contributed by atoms with Crippen LogP contribution < -0.4 is 20.3 Å². The predicted octanol–water partition coefficient (Wildman–Crippen LogP) is 2.98. The number of hydrogen-bond donors (Lipinski definition) is 2. The van der Waals surface area contributed by atoms with Crippen LogP contribution in [0.3, 0.4) is 0 Å². The van der Waals surface area contributed by atoms with Crippen LogP contribution in [0.25, 0.3) is 21.9 Å². The third kappa shape index (κ3) is 3.78. The Labute approximate surface area is 186 Å². The smallest absolute Gasteiger partial charge is 0.278 e. The van der Waals surface area contributed by atoms with Crippen molar-refractivity contribution in [1.29, 1.82) is 0 Å². The molecule has 2 aromatic heterocycles. The van der Waals surface area contributed by atoms with Crippen LogP contribution in [0.5, 0.6) is 11.5 Å². The number of para-hydroxylation sites is 1. The molecule has 1 aliphatic rings. The third-order valence-corrected chi connectivity index (χ3v) is 6.06. The molecule has 0 spiro atoms. The highest BCUT2D eigenvalue weighted by Gasteiger charge is 2.18. The van der Waals surface area contributed by atoms with Crippen molar-refractivity contribution in [3.63, 3.8) is 0 Å². The summed E-state index contributed by atoms with van der Waals surface area (Å²) in [7, 11) is 1.57. The van der Waals surface area contributed by atoms with Gasteiger partial charge in [0.1, 0.15) is 11.0 Å². The van der Waals surface area contributed by atoms with E-state index in [4.69, 9.17) is 19.2 Å². The second-order valence-corrected chi connectivity index (χ2v) is 8.09. The molecular weight excluding hydrogens is 432 g/mol. The zero-order valence-electron chi connectivity index (χ0n) is 17.2. The number of H-pyrrole nitrogens is 1. The van der Waals surface area contributed by atoms with Gasteiger partial charge in [0.15, 0.2) is 16.7 Å². The molecule has 164 valence electrons. The Morgan fingerprint density at radius 2 is 2.09 bits per heavy atom. The summed E-state index contributed by atoms with van der Waals surface area (Å²) in [5.74, 6) is 1.10. The molecule has 2 N–H and O–H groups in total. The van der Waals surface area contributed by atoms with Crippen molar-refractivity contribution < 1.29 is 19.0 Å². The van der Waals surface area contributed by atoms with E-state index in [9.17, 15) is 9.59 Å². The Bertz CT molecular complexity index is 1380. The van der Waals surface area contributed by atoms with Crippen LogP contribution in [0.4, 0.5) is 5.69 Å². The standard InChI is InChI=1S/C22H20N4O5S/c1-29-9-8-26-21(28)20-19(14-4-2-3-5-15(14)24-20)25-22(26)32-11-18(27)23-13-6-7-16-17(10-13)31-12-30-16/h2-7,10,24H,8-9,11-12H2,1H3,(H,23,27). The maximum atomic E-state index is 13.2. The van der Waals surface area contributed by atoms with Crippen molar-refractivity contribution in [3.8, 4) is 11.5 Å². The van der Waals surface area contributed by atoms with Gasteiger partial charge in [-0.15, -0.1) is 0 Å². The van der Waals surface area contributed by atoms with Crippen LogP contribution in [0, 0.1) is 0 Å². The van der Waals surface area contributed by atoms with Gasteiger partial charge in [0.05, 0.1) is 18.9 Å². The Morgan fingerprint density at radius 3 is 2.97 bits per heavy atom. The monoisotopic (exact) mass is 452 g/mol.